The highest BCUT2D eigenvalue weighted by Gasteiger charge is 2.23. The summed E-state index contributed by atoms with van der Waals surface area (Å²) in [6, 6.07) is 2.76. The highest BCUT2D eigenvalue weighted by Crippen LogP contribution is 2.27. The predicted molar refractivity (Wildman–Crippen MR) is 79.9 cm³/mol. The van der Waals surface area contributed by atoms with Gasteiger partial charge in [-0.3, -0.25) is 0 Å². The Kier molecular flexibility index (Phi) is 4.96. The summed E-state index contributed by atoms with van der Waals surface area (Å²) < 4.78 is 0. The van der Waals surface area contributed by atoms with Crippen molar-refractivity contribution in [3.8, 4) is 0 Å². The van der Waals surface area contributed by atoms with E-state index in [1.165, 1.54) is 19.3 Å². The van der Waals surface area contributed by atoms with Gasteiger partial charge >= 0.3 is 0 Å². The molecule has 19 heavy (non-hydrogen) atoms. The first-order valence-corrected chi connectivity index (χ1v) is 7.13. The maximum Gasteiger partial charge on any atom is 0.134 e. The number of aromatic nitrogens is 2. The number of hydrogen-bond acceptors (Lipinski definition) is 5. The van der Waals surface area contributed by atoms with Crippen molar-refractivity contribution < 1.29 is 0 Å². The van der Waals surface area contributed by atoms with Gasteiger partial charge in [-0.05, 0) is 39.3 Å². The van der Waals surface area contributed by atoms with Gasteiger partial charge in [-0.2, -0.15) is 0 Å². The third-order valence-electron chi connectivity index (χ3n) is 3.93. The van der Waals surface area contributed by atoms with Crippen molar-refractivity contribution >= 4 is 11.6 Å². The van der Waals surface area contributed by atoms with Gasteiger partial charge in [0.05, 0.1) is 0 Å². The minimum atomic E-state index is 0.664. The quantitative estimate of drug-likeness (QED) is 0.756. The molecule has 0 bridgehead atoms. The van der Waals surface area contributed by atoms with Crippen LogP contribution in [0.5, 0.6) is 0 Å². The molecule has 0 amide bonds. The van der Waals surface area contributed by atoms with Crippen molar-refractivity contribution in [2.75, 3.05) is 44.0 Å². The van der Waals surface area contributed by atoms with Crippen LogP contribution in [-0.4, -0.2) is 50.2 Å². The number of anilines is 2. The van der Waals surface area contributed by atoms with Crippen LogP contribution in [0, 0.1) is 0 Å². The summed E-state index contributed by atoms with van der Waals surface area (Å²) in [5.41, 5.74) is 0. The van der Waals surface area contributed by atoms with E-state index in [0.29, 0.717) is 6.04 Å². The average Bonchev–Trinajstić information content (AvgIpc) is 2.37. The molecule has 1 fully saturated rings. The fourth-order valence-corrected chi connectivity index (χ4v) is 2.31. The molecule has 1 aliphatic rings. The van der Waals surface area contributed by atoms with Crippen LogP contribution in [0.4, 0.5) is 11.6 Å². The Balaban J connectivity index is 1.97. The van der Waals surface area contributed by atoms with Gasteiger partial charge < -0.3 is 15.1 Å². The predicted octanol–water partition coefficient (Wildman–Crippen LogP) is 1.51. The summed E-state index contributed by atoms with van der Waals surface area (Å²) in [6.45, 7) is 2.04. The summed E-state index contributed by atoms with van der Waals surface area (Å²) in [4.78, 5) is 13.2. The standard InChI is InChI=1S/C14H25N5/c1-15-8-5-9-18(2)13-10-14(17-11-16-13)19(3)12-6-4-7-12/h10-12,15H,4-9H2,1-3H3. The molecule has 0 unspecified atom stereocenters. The fraction of sp³-hybridized carbons (Fsp3) is 0.714. The second kappa shape index (κ2) is 6.70. The minimum Gasteiger partial charge on any atom is -0.359 e. The van der Waals surface area contributed by atoms with Gasteiger partial charge in [-0.1, -0.05) is 0 Å². The summed E-state index contributed by atoms with van der Waals surface area (Å²) in [6.07, 6.45) is 6.71. The third kappa shape index (κ3) is 3.56. The third-order valence-corrected chi connectivity index (χ3v) is 3.93. The van der Waals surface area contributed by atoms with Gasteiger partial charge in [0, 0.05) is 32.7 Å². The van der Waals surface area contributed by atoms with E-state index >= 15 is 0 Å². The van der Waals surface area contributed by atoms with E-state index < -0.39 is 0 Å². The van der Waals surface area contributed by atoms with E-state index in [9.17, 15) is 0 Å². The van der Waals surface area contributed by atoms with E-state index in [1.807, 2.05) is 7.05 Å². The lowest BCUT2D eigenvalue weighted by molar-refractivity contribution is 0.399. The van der Waals surface area contributed by atoms with Crippen LogP contribution >= 0.6 is 0 Å². The maximum atomic E-state index is 4.40. The molecule has 1 heterocycles. The SMILES string of the molecule is CNCCCN(C)c1cc(N(C)C2CCC2)ncn1. The molecule has 0 spiro atoms. The van der Waals surface area contributed by atoms with Gasteiger partial charge in [-0.25, -0.2) is 9.97 Å². The zero-order chi connectivity index (χ0) is 13.7. The van der Waals surface area contributed by atoms with Gasteiger partial charge in [0.15, 0.2) is 0 Å². The molecule has 0 saturated heterocycles. The first-order valence-electron chi connectivity index (χ1n) is 7.13. The second-order valence-corrected chi connectivity index (χ2v) is 5.31. The Bertz CT molecular complexity index is 391. The Morgan fingerprint density at radius 1 is 1.26 bits per heavy atom. The Labute approximate surface area is 116 Å². The van der Waals surface area contributed by atoms with Gasteiger partial charge in [-0.15, -0.1) is 0 Å². The molecule has 1 aromatic heterocycles. The van der Waals surface area contributed by atoms with Crippen LogP contribution in [0.25, 0.3) is 0 Å². The van der Waals surface area contributed by atoms with Crippen LogP contribution in [0.2, 0.25) is 0 Å². The van der Waals surface area contributed by atoms with Crippen molar-refractivity contribution in [1.29, 1.82) is 0 Å². The fourth-order valence-electron chi connectivity index (χ4n) is 2.31. The lowest BCUT2D eigenvalue weighted by Gasteiger charge is -2.35. The zero-order valence-electron chi connectivity index (χ0n) is 12.3. The molecule has 0 aromatic carbocycles. The van der Waals surface area contributed by atoms with E-state index in [0.717, 1.165) is 31.1 Å². The number of hydrogen-bond donors (Lipinski definition) is 1. The molecule has 5 heteroatoms. The van der Waals surface area contributed by atoms with Crippen molar-refractivity contribution in [1.82, 2.24) is 15.3 Å². The Hall–Kier alpha value is -1.36. The molecule has 2 rings (SSSR count). The number of nitrogens with zero attached hydrogens (tertiary/aromatic N) is 4. The molecular formula is C14H25N5. The lowest BCUT2D eigenvalue weighted by atomic mass is 9.92. The second-order valence-electron chi connectivity index (χ2n) is 5.31. The topological polar surface area (TPSA) is 44.3 Å². The molecule has 1 aromatic rings. The summed E-state index contributed by atoms with van der Waals surface area (Å²) in [5.74, 6) is 2.04. The normalized spacial score (nSPS) is 15.1. The van der Waals surface area contributed by atoms with E-state index in [2.05, 4.69) is 45.2 Å². The van der Waals surface area contributed by atoms with E-state index in [1.54, 1.807) is 6.33 Å². The molecule has 1 saturated carbocycles. The van der Waals surface area contributed by atoms with Crippen LogP contribution in [0.1, 0.15) is 25.7 Å². The highest BCUT2D eigenvalue weighted by molar-refractivity contribution is 5.50. The van der Waals surface area contributed by atoms with Gasteiger partial charge in [0.2, 0.25) is 0 Å². The molecule has 5 nitrogen and oxygen atoms in total. The molecular weight excluding hydrogens is 238 g/mol. The number of rotatable bonds is 7. The van der Waals surface area contributed by atoms with Gasteiger partial charge in [0.1, 0.15) is 18.0 Å². The summed E-state index contributed by atoms with van der Waals surface area (Å²) >= 11 is 0. The van der Waals surface area contributed by atoms with E-state index in [4.69, 9.17) is 0 Å². The molecule has 106 valence electrons. The van der Waals surface area contributed by atoms with Crippen molar-refractivity contribution in [3.63, 3.8) is 0 Å². The zero-order valence-corrected chi connectivity index (χ0v) is 12.3. The van der Waals surface area contributed by atoms with Crippen LogP contribution in [0.3, 0.4) is 0 Å². The minimum absolute atomic E-state index is 0.664. The Morgan fingerprint density at radius 3 is 2.63 bits per heavy atom. The van der Waals surface area contributed by atoms with Crippen molar-refractivity contribution in [2.45, 2.75) is 31.7 Å². The highest BCUT2D eigenvalue weighted by atomic mass is 15.2. The lowest BCUT2D eigenvalue weighted by Crippen LogP contribution is -2.37. The summed E-state index contributed by atoms with van der Waals surface area (Å²) in [5, 5.41) is 3.17. The smallest absolute Gasteiger partial charge is 0.134 e. The van der Waals surface area contributed by atoms with Crippen molar-refractivity contribution in [2.24, 2.45) is 0 Å². The van der Waals surface area contributed by atoms with E-state index in [-0.39, 0.29) is 0 Å². The first kappa shape index (κ1) is 14.1. The van der Waals surface area contributed by atoms with Crippen LogP contribution in [-0.2, 0) is 0 Å². The first-order chi connectivity index (χ1) is 9.22. The molecule has 1 N–H and O–H groups in total. The Morgan fingerprint density at radius 2 is 2.00 bits per heavy atom. The van der Waals surface area contributed by atoms with Crippen LogP contribution < -0.4 is 15.1 Å². The monoisotopic (exact) mass is 263 g/mol. The largest absolute Gasteiger partial charge is 0.359 e. The van der Waals surface area contributed by atoms with Crippen molar-refractivity contribution in [3.05, 3.63) is 12.4 Å². The van der Waals surface area contributed by atoms with Gasteiger partial charge in [0.25, 0.3) is 0 Å². The van der Waals surface area contributed by atoms with Crippen LogP contribution in [0.15, 0.2) is 12.4 Å². The number of nitrogens with one attached hydrogen (secondary N) is 1. The average molecular weight is 263 g/mol. The molecule has 1 aliphatic carbocycles. The molecule has 0 aliphatic heterocycles. The summed E-state index contributed by atoms with van der Waals surface area (Å²) in [7, 11) is 6.21. The molecule has 0 atom stereocenters. The molecule has 0 radical (unpaired) electrons. The maximum absolute atomic E-state index is 4.40.